The molecule has 0 saturated heterocycles. The first-order valence-corrected chi connectivity index (χ1v) is 8.00. The molecule has 1 aromatic carbocycles. The molecule has 3 rings (SSSR count). The highest BCUT2D eigenvalue weighted by Gasteiger charge is 2.19. The third-order valence-electron chi connectivity index (χ3n) is 4.23. The van der Waals surface area contributed by atoms with E-state index >= 15 is 0 Å². The monoisotopic (exact) mass is 323 g/mol. The van der Waals surface area contributed by atoms with Crippen molar-refractivity contribution < 1.29 is 9.53 Å². The van der Waals surface area contributed by atoms with Crippen molar-refractivity contribution in [1.29, 1.82) is 0 Å². The zero-order chi connectivity index (χ0) is 17.1. The van der Waals surface area contributed by atoms with Crippen molar-refractivity contribution >= 4 is 16.8 Å². The minimum atomic E-state index is -0.0939. The molecule has 3 aromatic rings. The molecule has 0 aliphatic carbocycles. The fourth-order valence-corrected chi connectivity index (χ4v) is 3.04. The van der Waals surface area contributed by atoms with Crippen LogP contribution in [0.5, 0.6) is 5.75 Å². The molecule has 1 N–H and O–H groups in total. The number of methoxy groups -OCH3 is 1. The first-order valence-electron chi connectivity index (χ1n) is 8.00. The Labute approximate surface area is 141 Å². The lowest BCUT2D eigenvalue weighted by atomic mass is 10.1. The van der Waals surface area contributed by atoms with Gasteiger partial charge in [-0.1, -0.05) is 6.07 Å². The van der Waals surface area contributed by atoms with Crippen LogP contribution in [-0.4, -0.2) is 22.6 Å². The molecule has 0 spiro atoms. The Morgan fingerprint density at radius 3 is 2.79 bits per heavy atom. The Bertz CT molecular complexity index is 869. The second-order valence-corrected chi connectivity index (χ2v) is 5.59. The van der Waals surface area contributed by atoms with Gasteiger partial charge in [0.25, 0.3) is 5.91 Å². The van der Waals surface area contributed by atoms with Crippen molar-refractivity contribution in [3.8, 4) is 5.75 Å². The standard InChI is InChI=1S/C19H21N3O2/c1-4-22-13(2)18(16-11-15(24-3)8-9-17(16)22)19(23)21-12-14-7-5-6-10-20-14/h5-11H,4,12H2,1-3H3,(H,21,23). The van der Waals surface area contributed by atoms with Gasteiger partial charge in [-0.25, -0.2) is 0 Å². The van der Waals surface area contributed by atoms with E-state index in [0.29, 0.717) is 12.1 Å². The molecule has 0 radical (unpaired) electrons. The van der Waals surface area contributed by atoms with Crippen LogP contribution in [0.2, 0.25) is 0 Å². The molecule has 2 aromatic heterocycles. The number of hydrogen-bond donors (Lipinski definition) is 1. The van der Waals surface area contributed by atoms with E-state index in [1.165, 1.54) is 0 Å². The average molecular weight is 323 g/mol. The molecule has 0 atom stereocenters. The van der Waals surface area contributed by atoms with Gasteiger partial charge < -0.3 is 14.6 Å². The van der Waals surface area contributed by atoms with Gasteiger partial charge in [0, 0.05) is 29.3 Å². The van der Waals surface area contributed by atoms with Gasteiger partial charge >= 0.3 is 0 Å². The highest BCUT2D eigenvalue weighted by Crippen LogP contribution is 2.29. The first kappa shape index (κ1) is 16.1. The van der Waals surface area contributed by atoms with Crippen LogP contribution in [0.25, 0.3) is 10.9 Å². The number of aryl methyl sites for hydroxylation is 1. The predicted molar refractivity (Wildman–Crippen MR) is 94.3 cm³/mol. The maximum Gasteiger partial charge on any atom is 0.254 e. The smallest absolute Gasteiger partial charge is 0.254 e. The molecule has 5 heteroatoms. The Morgan fingerprint density at radius 2 is 2.12 bits per heavy atom. The summed E-state index contributed by atoms with van der Waals surface area (Å²) in [5.41, 5.74) is 3.53. The SMILES string of the molecule is CCn1c(C)c(C(=O)NCc2ccccn2)c2cc(OC)ccc21. The molecule has 2 heterocycles. The van der Waals surface area contributed by atoms with Gasteiger partial charge in [0.15, 0.2) is 0 Å². The summed E-state index contributed by atoms with van der Waals surface area (Å²) in [7, 11) is 1.63. The quantitative estimate of drug-likeness (QED) is 0.784. The van der Waals surface area contributed by atoms with E-state index in [0.717, 1.165) is 34.6 Å². The number of carbonyl (C=O) groups is 1. The summed E-state index contributed by atoms with van der Waals surface area (Å²) in [6.07, 6.45) is 1.72. The summed E-state index contributed by atoms with van der Waals surface area (Å²) in [5.74, 6) is 0.651. The summed E-state index contributed by atoms with van der Waals surface area (Å²) in [4.78, 5) is 17.0. The summed E-state index contributed by atoms with van der Waals surface area (Å²) < 4.78 is 7.46. The third-order valence-corrected chi connectivity index (χ3v) is 4.23. The van der Waals surface area contributed by atoms with Gasteiger partial charge in [0.05, 0.1) is 24.9 Å². The number of nitrogens with one attached hydrogen (secondary N) is 1. The van der Waals surface area contributed by atoms with Gasteiger partial charge in [0.1, 0.15) is 5.75 Å². The van der Waals surface area contributed by atoms with Crippen LogP contribution in [0, 0.1) is 6.92 Å². The number of pyridine rings is 1. The van der Waals surface area contributed by atoms with Crippen molar-refractivity contribution in [2.24, 2.45) is 0 Å². The number of hydrogen-bond acceptors (Lipinski definition) is 3. The lowest BCUT2D eigenvalue weighted by Gasteiger charge is -2.06. The highest BCUT2D eigenvalue weighted by atomic mass is 16.5. The molecular formula is C19H21N3O2. The van der Waals surface area contributed by atoms with Crippen LogP contribution in [-0.2, 0) is 13.1 Å². The maximum atomic E-state index is 12.8. The third kappa shape index (κ3) is 2.85. The normalized spacial score (nSPS) is 10.8. The van der Waals surface area contributed by atoms with E-state index in [2.05, 4.69) is 21.8 Å². The summed E-state index contributed by atoms with van der Waals surface area (Å²) in [6.45, 7) is 5.27. The van der Waals surface area contributed by atoms with Crippen molar-refractivity contribution in [2.75, 3.05) is 7.11 Å². The Balaban J connectivity index is 1.97. The largest absolute Gasteiger partial charge is 0.497 e. The van der Waals surface area contributed by atoms with Crippen molar-refractivity contribution in [2.45, 2.75) is 26.9 Å². The second kappa shape index (κ2) is 6.74. The molecule has 0 fully saturated rings. The van der Waals surface area contributed by atoms with E-state index in [-0.39, 0.29) is 5.91 Å². The molecule has 0 bridgehead atoms. The number of nitrogens with zero attached hydrogens (tertiary/aromatic N) is 2. The summed E-state index contributed by atoms with van der Waals surface area (Å²) in [5, 5.41) is 3.88. The van der Waals surface area contributed by atoms with Crippen molar-refractivity contribution in [3.05, 3.63) is 59.5 Å². The van der Waals surface area contributed by atoms with E-state index in [4.69, 9.17) is 4.74 Å². The van der Waals surface area contributed by atoms with Crippen LogP contribution in [0.1, 0.15) is 28.7 Å². The van der Waals surface area contributed by atoms with Crippen LogP contribution >= 0.6 is 0 Å². The summed E-state index contributed by atoms with van der Waals surface area (Å²) in [6, 6.07) is 11.5. The van der Waals surface area contributed by atoms with Gasteiger partial charge in [-0.3, -0.25) is 9.78 Å². The van der Waals surface area contributed by atoms with Gasteiger partial charge in [-0.15, -0.1) is 0 Å². The van der Waals surface area contributed by atoms with Crippen LogP contribution in [0.15, 0.2) is 42.6 Å². The topological polar surface area (TPSA) is 56.2 Å². The molecule has 0 unspecified atom stereocenters. The second-order valence-electron chi connectivity index (χ2n) is 5.59. The molecular weight excluding hydrogens is 302 g/mol. The molecule has 0 saturated carbocycles. The predicted octanol–water partition coefficient (Wildman–Crippen LogP) is 3.30. The zero-order valence-corrected chi connectivity index (χ0v) is 14.2. The fraction of sp³-hybridized carbons (Fsp3) is 0.263. The van der Waals surface area contributed by atoms with E-state index in [1.54, 1.807) is 13.3 Å². The van der Waals surface area contributed by atoms with Crippen LogP contribution in [0.3, 0.4) is 0 Å². The van der Waals surface area contributed by atoms with Gasteiger partial charge in [0.2, 0.25) is 0 Å². The van der Waals surface area contributed by atoms with Crippen LogP contribution in [0.4, 0.5) is 0 Å². The average Bonchev–Trinajstić information content (AvgIpc) is 2.90. The number of ether oxygens (including phenoxy) is 1. The summed E-state index contributed by atoms with van der Waals surface area (Å²) >= 11 is 0. The Hall–Kier alpha value is -2.82. The highest BCUT2D eigenvalue weighted by molar-refractivity contribution is 6.08. The van der Waals surface area contributed by atoms with E-state index in [9.17, 15) is 4.79 Å². The van der Waals surface area contributed by atoms with Crippen molar-refractivity contribution in [1.82, 2.24) is 14.9 Å². The number of rotatable bonds is 5. The lowest BCUT2D eigenvalue weighted by Crippen LogP contribution is -2.24. The maximum absolute atomic E-state index is 12.8. The molecule has 0 aliphatic heterocycles. The number of amides is 1. The van der Waals surface area contributed by atoms with E-state index < -0.39 is 0 Å². The minimum absolute atomic E-state index is 0.0939. The molecule has 124 valence electrons. The van der Waals surface area contributed by atoms with Crippen LogP contribution < -0.4 is 10.1 Å². The number of benzene rings is 1. The molecule has 24 heavy (non-hydrogen) atoms. The first-order chi connectivity index (χ1) is 11.7. The lowest BCUT2D eigenvalue weighted by molar-refractivity contribution is 0.0951. The van der Waals surface area contributed by atoms with E-state index in [1.807, 2.05) is 43.3 Å². The van der Waals surface area contributed by atoms with Gasteiger partial charge in [-0.05, 0) is 44.2 Å². The molecule has 1 amide bonds. The minimum Gasteiger partial charge on any atom is -0.497 e. The molecule has 0 aliphatic rings. The fourth-order valence-electron chi connectivity index (χ4n) is 3.04. The Kier molecular flexibility index (Phi) is 4.51. The van der Waals surface area contributed by atoms with Gasteiger partial charge in [-0.2, -0.15) is 0 Å². The zero-order valence-electron chi connectivity index (χ0n) is 14.2. The van der Waals surface area contributed by atoms with Crippen molar-refractivity contribution in [3.63, 3.8) is 0 Å². The number of fused-ring (bicyclic) bond motifs is 1. The number of aromatic nitrogens is 2. The molecule has 5 nitrogen and oxygen atoms in total. The Morgan fingerprint density at radius 1 is 1.29 bits per heavy atom. The number of carbonyl (C=O) groups excluding carboxylic acids is 1.